The molecule has 14 heavy (non-hydrogen) atoms. The van der Waals surface area contributed by atoms with Gasteiger partial charge in [-0.3, -0.25) is 0 Å². The lowest BCUT2D eigenvalue weighted by Crippen LogP contribution is -2.10. The molecule has 0 aromatic carbocycles. The third-order valence-electron chi connectivity index (χ3n) is 1.59. The molecule has 0 aliphatic carbocycles. The first kappa shape index (κ1) is 10.6. The van der Waals surface area contributed by atoms with E-state index in [0.717, 1.165) is 0 Å². The van der Waals surface area contributed by atoms with E-state index in [1.165, 1.54) is 6.07 Å². The van der Waals surface area contributed by atoms with Crippen molar-refractivity contribution in [2.24, 2.45) is 0 Å². The Balaban J connectivity index is 2.29. The van der Waals surface area contributed by atoms with Crippen LogP contribution in [-0.4, -0.2) is 30.8 Å². The number of nitrogens with one attached hydrogen (secondary N) is 1. The molecule has 0 bridgehead atoms. The average molecular weight is 198 g/mol. The fourth-order valence-electron chi connectivity index (χ4n) is 0.944. The van der Waals surface area contributed by atoms with Crippen molar-refractivity contribution in [3.05, 3.63) is 18.0 Å². The van der Waals surface area contributed by atoms with E-state index >= 15 is 0 Å². The zero-order valence-corrected chi connectivity index (χ0v) is 8.08. The average Bonchev–Trinajstić information content (AvgIpc) is 2.59. The van der Waals surface area contributed by atoms with Gasteiger partial charge in [0.25, 0.3) is 0 Å². The third-order valence-corrected chi connectivity index (χ3v) is 1.59. The summed E-state index contributed by atoms with van der Waals surface area (Å²) in [6, 6.07) is 1.53. The van der Waals surface area contributed by atoms with E-state index < -0.39 is 5.97 Å². The summed E-state index contributed by atoms with van der Waals surface area (Å²) in [5, 5.41) is 0. The first-order valence-corrected chi connectivity index (χ1v) is 4.42. The standard InChI is InChI=1S/C9H14N2O3/c1-2-13-3-4-14-9(12)8-5-7(10)6-11-8/h5-6,11H,2-4,10H2,1H3. The molecule has 0 radical (unpaired) electrons. The van der Waals surface area contributed by atoms with Gasteiger partial charge in [-0.15, -0.1) is 0 Å². The van der Waals surface area contributed by atoms with E-state index in [1.54, 1.807) is 6.20 Å². The maximum absolute atomic E-state index is 11.3. The van der Waals surface area contributed by atoms with Crippen LogP contribution >= 0.6 is 0 Å². The molecule has 0 aliphatic rings. The molecule has 0 aliphatic heterocycles. The van der Waals surface area contributed by atoms with E-state index in [1.807, 2.05) is 6.92 Å². The normalized spacial score (nSPS) is 10.1. The molecule has 1 aromatic heterocycles. The van der Waals surface area contributed by atoms with Gasteiger partial charge in [-0.25, -0.2) is 4.79 Å². The molecule has 0 spiro atoms. The maximum atomic E-state index is 11.3. The highest BCUT2D eigenvalue weighted by Gasteiger charge is 2.08. The molecular weight excluding hydrogens is 184 g/mol. The number of ether oxygens (including phenoxy) is 2. The van der Waals surface area contributed by atoms with Gasteiger partial charge in [-0.1, -0.05) is 0 Å². The van der Waals surface area contributed by atoms with Crippen LogP contribution < -0.4 is 5.73 Å². The van der Waals surface area contributed by atoms with Crippen molar-refractivity contribution in [3.63, 3.8) is 0 Å². The number of esters is 1. The van der Waals surface area contributed by atoms with E-state index in [2.05, 4.69) is 4.98 Å². The predicted molar refractivity (Wildman–Crippen MR) is 52.0 cm³/mol. The molecule has 0 saturated heterocycles. The minimum atomic E-state index is -0.415. The zero-order valence-electron chi connectivity index (χ0n) is 8.08. The summed E-state index contributed by atoms with van der Waals surface area (Å²) in [7, 11) is 0. The second kappa shape index (κ2) is 5.29. The number of anilines is 1. The summed E-state index contributed by atoms with van der Waals surface area (Å²) in [5.74, 6) is -0.415. The largest absolute Gasteiger partial charge is 0.459 e. The molecule has 1 rings (SSSR count). The second-order valence-electron chi connectivity index (χ2n) is 2.68. The summed E-state index contributed by atoms with van der Waals surface area (Å²) in [6.07, 6.45) is 1.54. The van der Waals surface area contributed by atoms with Crippen LogP contribution in [0.4, 0.5) is 5.69 Å². The van der Waals surface area contributed by atoms with Crippen LogP contribution in [0.1, 0.15) is 17.4 Å². The van der Waals surface area contributed by atoms with Gasteiger partial charge in [-0.05, 0) is 13.0 Å². The van der Waals surface area contributed by atoms with Crippen LogP contribution in [0.3, 0.4) is 0 Å². The van der Waals surface area contributed by atoms with Gasteiger partial charge in [-0.2, -0.15) is 0 Å². The maximum Gasteiger partial charge on any atom is 0.354 e. The lowest BCUT2D eigenvalue weighted by molar-refractivity contribution is 0.0330. The molecule has 0 atom stereocenters. The van der Waals surface area contributed by atoms with E-state index in [-0.39, 0.29) is 6.61 Å². The Hall–Kier alpha value is -1.49. The number of rotatable bonds is 5. The number of nitrogens with two attached hydrogens (primary N) is 1. The quantitative estimate of drug-likeness (QED) is 0.541. The van der Waals surface area contributed by atoms with Crippen molar-refractivity contribution in [2.75, 3.05) is 25.6 Å². The molecule has 0 amide bonds. The molecular formula is C9H14N2O3. The number of aromatic amines is 1. The Bertz CT molecular complexity index is 296. The van der Waals surface area contributed by atoms with E-state index in [4.69, 9.17) is 15.2 Å². The zero-order chi connectivity index (χ0) is 10.4. The highest BCUT2D eigenvalue weighted by atomic mass is 16.6. The van der Waals surface area contributed by atoms with Gasteiger partial charge in [0.15, 0.2) is 0 Å². The number of hydrogen-bond acceptors (Lipinski definition) is 4. The summed E-state index contributed by atoms with van der Waals surface area (Å²) in [4.78, 5) is 14.0. The number of H-pyrrole nitrogens is 1. The van der Waals surface area contributed by atoms with Crippen LogP contribution in [0.25, 0.3) is 0 Å². The van der Waals surface area contributed by atoms with Gasteiger partial charge >= 0.3 is 5.97 Å². The lowest BCUT2D eigenvalue weighted by Gasteiger charge is -2.02. The van der Waals surface area contributed by atoms with Crippen molar-refractivity contribution in [1.82, 2.24) is 4.98 Å². The first-order chi connectivity index (χ1) is 6.74. The summed E-state index contributed by atoms with van der Waals surface area (Å²) < 4.78 is 9.91. The molecule has 3 N–H and O–H groups in total. The van der Waals surface area contributed by atoms with Gasteiger partial charge < -0.3 is 20.2 Å². The fourth-order valence-corrected chi connectivity index (χ4v) is 0.944. The van der Waals surface area contributed by atoms with Crippen LogP contribution in [0.2, 0.25) is 0 Å². The molecule has 78 valence electrons. The van der Waals surface area contributed by atoms with Gasteiger partial charge in [0, 0.05) is 12.8 Å². The van der Waals surface area contributed by atoms with Crippen LogP contribution in [0, 0.1) is 0 Å². The molecule has 5 heteroatoms. The second-order valence-corrected chi connectivity index (χ2v) is 2.68. The molecule has 0 unspecified atom stereocenters. The molecule has 1 heterocycles. The van der Waals surface area contributed by atoms with Gasteiger partial charge in [0.2, 0.25) is 0 Å². The fraction of sp³-hybridized carbons (Fsp3) is 0.444. The monoisotopic (exact) mass is 198 g/mol. The SMILES string of the molecule is CCOCCOC(=O)c1cc(N)c[nH]1. The van der Waals surface area contributed by atoms with E-state index in [9.17, 15) is 4.79 Å². The van der Waals surface area contributed by atoms with Crippen molar-refractivity contribution in [3.8, 4) is 0 Å². The summed E-state index contributed by atoms with van der Waals surface area (Å²) in [6.45, 7) is 3.17. The Morgan fingerprint density at radius 1 is 1.57 bits per heavy atom. The third kappa shape index (κ3) is 3.10. The topological polar surface area (TPSA) is 77.3 Å². The summed E-state index contributed by atoms with van der Waals surface area (Å²) in [5.41, 5.74) is 6.30. The van der Waals surface area contributed by atoms with E-state index in [0.29, 0.717) is 24.6 Å². The molecule has 0 fully saturated rings. The Morgan fingerprint density at radius 3 is 2.93 bits per heavy atom. The minimum Gasteiger partial charge on any atom is -0.459 e. The Morgan fingerprint density at radius 2 is 2.36 bits per heavy atom. The predicted octanol–water partition coefficient (Wildman–Crippen LogP) is 0.790. The van der Waals surface area contributed by atoms with Gasteiger partial charge in [0.1, 0.15) is 12.3 Å². The van der Waals surface area contributed by atoms with Gasteiger partial charge in [0.05, 0.1) is 12.3 Å². The highest BCUT2D eigenvalue weighted by Crippen LogP contribution is 2.05. The number of carbonyl (C=O) groups is 1. The van der Waals surface area contributed by atoms with Crippen molar-refractivity contribution >= 4 is 11.7 Å². The van der Waals surface area contributed by atoms with Crippen molar-refractivity contribution < 1.29 is 14.3 Å². The van der Waals surface area contributed by atoms with Crippen LogP contribution in [-0.2, 0) is 9.47 Å². The Kier molecular flexibility index (Phi) is 4.00. The molecule has 5 nitrogen and oxygen atoms in total. The molecule has 0 saturated carbocycles. The number of aromatic nitrogens is 1. The van der Waals surface area contributed by atoms with Crippen LogP contribution in [0.15, 0.2) is 12.3 Å². The minimum absolute atomic E-state index is 0.256. The van der Waals surface area contributed by atoms with Crippen molar-refractivity contribution in [1.29, 1.82) is 0 Å². The molecule has 1 aromatic rings. The number of hydrogen-bond donors (Lipinski definition) is 2. The van der Waals surface area contributed by atoms with Crippen LogP contribution in [0.5, 0.6) is 0 Å². The highest BCUT2D eigenvalue weighted by molar-refractivity contribution is 5.88. The summed E-state index contributed by atoms with van der Waals surface area (Å²) >= 11 is 0. The number of nitrogen functional groups attached to an aromatic ring is 1. The Labute approximate surface area is 82.2 Å². The first-order valence-electron chi connectivity index (χ1n) is 4.42. The van der Waals surface area contributed by atoms with Crippen molar-refractivity contribution in [2.45, 2.75) is 6.92 Å². The lowest BCUT2D eigenvalue weighted by atomic mass is 10.4. The smallest absolute Gasteiger partial charge is 0.354 e. The number of carbonyl (C=O) groups excluding carboxylic acids is 1.